The van der Waals surface area contributed by atoms with Crippen LogP contribution in [-0.2, 0) is 9.59 Å². The maximum absolute atomic E-state index is 12.2. The van der Waals surface area contributed by atoms with E-state index in [1.807, 2.05) is 21.9 Å². The summed E-state index contributed by atoms with van der Waals surface area (Å²) in [6.07, 6.45) is 8.16. The van der Waals surface area contributed by atoms with Crippen molar-refractivity contribution in [2.24, 2.45) is 35.1 Å². The summed E-state index contributed by atoms with van der Waals surface area (Å²) in [5.41, 5.74) is 16.3. The van der Waals surface area contributed by atoms with Gasteiger partial charge >= 0.3 is 0 Å². The number of nitrogens with two attached hydrogens (primary N) is 2. The molecule has 4 N–H and O–H groups in total. The Kier molecular flexibility index (Phi) is 7.76. The van der Waals surface area contributed by atoms with E-state index >= 15 is 0 Å². The molecule has 0 aromatic carbocycles. The van der Waals surface area contributed by atoms with Crippen LogP contribution in [0.5, 0.6) is 11.8 Å². The molecule has 2 aliphatic heterocycles. The second-order valence-corrected chi connectivity index (χ2v) is 11.7. The number of pyridine rings is 2. The Morgan fingerprint density at radius 1 is 0.850 bits per heavy atom. The Morgan fingerprint density at radius 3 is 1.90 bits per heavy atom. The van der Waals surface area contributed by atoms with E-state index in [9.17, 15) is 9.59 Å². The van der Waals surface area contributed by atoms with Gasteiger partial charge in [-0.3, -0.25) is 9.59 Å². The lowest BCUT2D eigenvalue weighted by atomic mass is 9.81. The summed E-state index contributed by atoms with van der Waals surface area (Å²) in [4.78, 5) is 36.6. The van der Waals surface area contributed by atoms with Crippen molar-refractivity contribution in [3.63, 3.8) is 0 Å². The van der Waals surface area contributed by atoms with Gasteiger partial charge < -0.3 is 30.7 Å². The molecule has 2 amide bonds. The van der Waals surface area contributed by atoms with E-state index in [4.69, 9.17) is 20.9 Å². The SMILES string of the molecule is COc1cc2c(cn1)[C@H](N)[C@@H](C)[C@H](C1CC1)N2C(C)=O.COc1nccc2c1[C@H](N)[C@@H](C)[C@H](C1CC1)N2C(C)=O. The highest BCUT2D eigenvalue weighted by Gasteiger charge is 2.48. The number of hydrogen-bond donors (Lipinski definition) is 2. The summed E-state index contributed by atoms with van der Waals surface area (Å²) < 4.78 is 10.5. The molecule has 2 aromatic heterocycles. The van der Waals surface area contributed by atoms with Gasteiger partial charge in [0, 0.05) is 62.0 Å². The average Bonchev–Trinajstić information content (AvgIpc) is 3.86. The maximum Gasteiger partial charge on any atom is 0.224 e. The predicted molar refractivity (Wildman–Crippen MR) is 153 cm³/mol. The van der Waals surface area contributed by atoms with Gasteiger partial charge in [0.2, 0.25) is 23.6 Å². The van der Waals surface area contributed by atoms with E-state index in [-0.39, 0.29) is 47.8 Å². The smallest absolute Gasteiger partial charge is 0.224 e. The number of methoxy groups -OCH3 is 2. The van der Waals surface area contributed by atoms with Crippen LogP contribution in [0.4, 0.5) is 11.4 Å². The van der Waals surface area contributed by atoms with Crippen LogP contribution >= 0.6 is 0 Å². The van der Waals surface area contributed by atoms with Crippen LogP contribution in [0.2, 0.25) is 0 Å². The number of ether oxygens (including phenoxy) is 2. The molecule has 0 saturated heterocycles. The second kappa shape index (κ2) is 11.0. The highest BCUT2D eigenvalue weighted by atomic mass is 16.5. The average molecular weight is 551 g/mol. The monoisotopic (exact) mass is 550 g/mol. The van der Waals surface area contributed by atoms with Gasteiger partial charge in [0.05, 0.1) is 31.2 Å². The van der Waals surface area contributed by atoms with E-state index in [0.717, 1.165) is 22.5 Å². The third-order valence-electron chi connectivity index (χ3n) is 9.13. The summed E-state index contributed by atoms with van der Waals surface area (Å²) in [7, 11) is 3.17. The molecule has 10 heteroatoms. The number of nitrogens with zero attached hydrogens (tertiary/aromatic N) is 4. The molecular formula is C30H42N6O4. The van der Waals surface area contributed by atoms with Crippen molar-refractivity contribution in [1.82, 2.24) is 9.97 Å². The van der Waals surface area contributed by atoms with Gasteiger partial charge in [-0.15, -0.1) is 0 Å². The minimum Gasteiger partial charge on any atom is -0.481 e. The zero-order valence-corrected chi connectivity index (χ0v) is 24.3. The third-order valence-corrected chi connectivity index (χ3v) is 9.13. The Balaban J connectivity index is 0.000000161. The molecule has 0 radical (unpaired) electrons. The fourth-order valence-corrected chi connectivity index (χ4v) is 6.82. The molecule has 10 nitrogen and oxygen atoms in total. The first-order chi connectivity index (χ1) is 19.1. The molecule has 6 atom stereocenters. The van der Waals surface area contributed by atoms with Crippen LogP contribution in [0.3, 0.4) is 0 Å². The lowest BCUT2D eigenvalue weighted by Gasteiger charge is -2.44. The predicted octanol–water partition coefficient (Wildman–Crippen LogP) is 3.74. The fraction of sp³-hybridized carbons (Fsp3) is 0.600. The molecule has 2 fully saturated rings. The van der Waals surface area contributed by atoms with Gasteiger partial charge in [0.1, 0.15) is 0 Å². The van der Waals surface area contributed by atoms with Crippen molar-refractivity contribution >= 4 is 23.2 Å². The Hall–Kier alpha value is -3.24. The standard InChI is InChI=1S/2C15H21N3O2/c1-8-14(16)11-7-17-13(20-3)6-12(11)18(9(2)19)15(8)10-4-5-10;1-8-13(16)12-11(6-7-17-15(12)20-3)18(9(2)19)14(8)10-4-5-10/h6-8,10,14-15H,4-5,16H2,1-3H3;6-8,10,13-14H,4-5,16H2,1-3H3/t8-,14-,15-;8-,13-,14-/m11/s1. The lowest BCUT2D eigenvalue weighted by Crippen LogP contribution is -2.51. The van der Waals surface area contributed by atoms with Crippen LogP contribution in [0.1, 0.15) is 76.6 Å². The molecule has 216 valence electrons. The van der Waals surface area contributed by atoms with Crippen LogP contribution < -0.4 is 30.7 Å². The zero-order valence-electron chi connectivity index (χ0n) is 24.3. The molecule has 40 heavy (non-hydrogen) atoms. The van der Waals surface area contributed by atoms with E-state index in [2.05, 4.69) is 23.8 Å². The van der Waals surface area contributed by atoms with Gasteiger partial charge in [0.15, 0.2) is 0 Å². The van der Waals surface area contributed by atoms with Crippen molar-refractivity contribution < 1.29 is 19.1 Å². The number of rotatable bonds is 4. The second-order valence-electron chi connectivity index (χ2n) is 11.7. The van der Waals surface area contributed by atoms with E-state index in [0.29, 0.717) is 23.6 Å². The third kappa shape index (κ3) is 4.92. The summed E-state index contributed by atoms with van der Waals surface area (Å²) >= 11 is 0. The molecule has 0 bridgehead atoms. The van der Waals surface area contributed by atoms with E-state index < -0.39 is 0 Å². The van der Waals surface area contributed by atoms with Gasteiger partial charge in [-0.05, 0) is 55.4 Å². The normalized spacial score (nSPS) is 29.0. The van der Waals surface area contributed by atoms with Crippen molar-refractivity contribution in [1.29, 1.82) is 0 Å². The molecule has 2 saturated carbocycles. The molecule has 0 spiro atoms. The van der Waals surface area contributed by atoms with Gasteiger partial charge in [0.25, 0.3) is 0 Å². The first kappa shape index (κ1) is 28.3. The maximum atomic E-state index is 12.2. The Morgan fingerprint density at radius 2 is 1.40 bits per heavy atom. The molecule has 4 aliphatic rings. The van der Waals surface area contributed by atoms with Crippen LogP contribution in [-0.4, -0.2) is 48.1 Å². The van der Waals surface area contributed by atoms with E-state index in [1.165, 1.54) is 25.7 Å². The Bertz CT molecular complexity index is 1250. The van der Waals surface area contributed by atoms with Crippen LogP contribution in [0, 0.1) is 23.7 Å². The van der Waals surface area contributed by atoms with Crippen molar-refractivity contribution in [2.75, 3.05) is 24.0 Å². The number of anilines is 2. The summed E-state index contributed by atoms with van der Waals surface area (Å²) in [6.45, 7) is 7.50. The number of carbonyl (C=O) groups is 2. The first-order valence-electron chi connectivity index (χ1n) is 14.3. The summed E-state index contributed by atoms with van der Waals surface area (Å²) in [5, 5.41) is 0. The lowest BCUT2D eigenvalue weighted by molar-refractivity contribution is -0.118. The first-order valence-corrected chi connectivity index (χ1v) is 14.3. The molecule has 6 rings (SSSR count). The number of fused-ring (bicyclic) bond motifs is 2. The van der Waals surface area contributed by atoms with Crippen molar-refractivity contribution in [2.45, 2.75) is 77.5 Å². The highest BCUT2D eigenvalue weighted by molar-refractivity contribution is 5.95. The molecule has 2 aromatic rings. The summed E-state index contributed by atoms with van der Waals surface area (Å²) in [5.74, 6) is 2.78. The van der Waals surface area contributed by atoms with Crippen molar-refractivity contribution in [3.8, 4) is 11.8 Å². The molecule has 2 aliphatic carbocycles. The molecule has 0 unspecified atom stereocenters. The quantitative estimate of drug-likeness (QED) is 0.587. The zero-order chi connectivity index (χ0) is 28.9. The number of amides is 2. The number of aromatic nitrogens is 2. The van der Waals surface area contributed by atoms with Crippen LogP contribution in [0.25, 0.3) is 0 Å². The van der Waals surface area contributed by atoms with Gasteiger partial charge in [-0.1, -0.05) is 13.8 Å². The number of hydrogen-bond acceptors (Lipinski definition) is 8. The Labute approximate surface area is 236 Å². The van der Waals surface area contributed by atoms with Crippen LogP contribution in [0.15, 0.2) is 24.5 Å². The van der Waals surface area contributed by atoms with Gasteiger partial charge in [-0.2, -0.15) is 0 Å². The van der Waals surface area contributed by atoms with Gasteiger partial charge in [-0.25, -0.2) is 9.97 Å². The number of carbonyl (C=O) groups excluding carboxylic acids is 2. The minimum atomic E-state index is -0.144. The largest absolute Gasteiger partial charge is 0.481 e. The summed E-state index contributed by atoms with van der Waals surface area (Å²) in [6, 6.07) is 3.88. The molecule has 4 heterocycles. The minimum absolute atomic E-state index is 0.0650. The molecular weight excluding hydrogens is 508 g/mol. The fourth-order valence-electron chi connectivity index (χ4n) is 6.82. The topological polar surface area (TPSA) is 137 Å². The van der Waals surface area contributed by atoms with E-state index in [1.54, 1.807) is 40.5 Å². The highest BCUT2D eigenvalue weighted by Crippen LogP contribution is 2.50. The van der Waals surface area contributed by atoms with Crippen molar-refractivity contribution in [3.05, 3.63) is 35.7 Å².